The Bertz CT molecular complexity index is 775. The van der Waals surface area contributed by atoms with Crippen LogP contribution in [0.4, 0.5) is 4.39 Å². The van der Waals surface area contributed by atoms with Crippen molar-refractivity contribution in [2.45, 2.75) is 24.8 Å². The van der Waals surface area contributed by atoms with Crippen molar-refractivity contribution in [1.29, 1.82) is 0 Å². The highest BCUT2D eigenvalue weighted by Gasteiger charge is 2.14. The van der Waals surface area contributed by atoms with Crippen molar-refractivity contribution in [3.05, 3.63) is 47.1 Å². The molecule has 5 nitrogen and oxygen atoms in total. The van der Waals surface area contributed by atoms with Gasteiger partial charge in [-0.25, -0.2) is 4.39 Å². The highest BCUT2D eigenvalue weighted by Crippen LogP contribution is 2.27. The molecule has 0 aliphatic rings. The van der Waals surface area contributed by atoms with Gasteiger partial charge in [0.25, 0.3) is 0 Å². The SMILES string of the molecule is Cc1noc(C)c1CSc1nnc(-c2ccc(F)cc2)n1C. The molecule has 0 fully saturated rings. The maximum absolute atomic E-state index is 13.0. The predicted molar refractivity (Wildman–Crippen MR) is 81.9 cm³/mol. The Kier molecular flexibility index (Phi) is 3.98. The predicted octanol–water partition coefficient (Wildman–Crippen LogP) is 3.52. The average Bonchev–Trinajstić information content (AvgIpc) is 3.02. The molecule has 0 unspecified atom stereocenters. The van der Waals surface area contributed by atoms with Crippen molar-refractivity contribution < 1.29 is 8.91 Å². The molecule has 3 aromatic rings. The van der Waals surface area contributed by atoms with E-state index in [9.17, 15) is 4.39 Å². The third kappa shape index (κ3) is 2.76. The second-order valence-corrected chi connectivity index (χ2v) is 5.91. The molecular formula is C15H15FN4OS. The van der Waals surface area contributed by atoms with Crippen LogP contribution in [-0.4, -0.2) is 19.9 Å². The van der Waals surface area contributed by atoms with E-state index in [1.165, 1.54) is 12.1 Å². The summed E-state index contributed by atoms with van der Waals surface area (Å²) in [5.41, 5.74) is 2.81. The molecule has 22 heavy (non-hydrogen) atoms. The number of hydrogen-bond acceptors (Lipinski definition) is 5. The van der Waals surface area contributed by atoms with E-state index in [2.05, 4.69) is 15.4 Å². The molecule has 0 amide bonds. The minimum atomic E-state index is -0.265. The molecule has 2 aromatic heterocycles. The van der Waals surface area contributed by atoms with Crippen molar-refractivity contribution in [3.63, 3.8) is 0 Å². The van der Waals surface area contributed by atoms with Gasteiger partial charge in [-0.3, -0.25) is 0 Å². The van der Waals surface area contributed by atoms with E-state index in [0.29, 0.717) is 5.82 Å². The quantitative estimate of drug-likeness (QED) is 0.689. The van der Waals surface area contributed by atoms with Crippen LogP contribution >= 0.6 is 11.8 Å². The van der Waals surface area contributed by atoms with E-state index in [0.717, 1.165) is 33.5 Å². The summed E-state index contributed by atoms with van der Waals surface area (Å²) in [7, 11) is 1.90. The Hall–Kier alpha value is -2.15. The second kappa shape index (κ2) is 5.92. The highest BCUT2D eigenvalue weighted by molar-refractivity contribution is 7.98. The summed E-state index contributed by atoms with van der Waals surface area (Å²) in [5, 5.41) is 13.1. The lowest BCUT2D eigenvalue weighted by molar-refractivity contribution is 0.392. The van der Waals surface area contributed by atoms with Crippen LogP contribution in [-0.2, 0) is 12.8 Å². The maximum Gasteiger partial charge on any atom is 0.191 e. The van der Waals surface area contributed by atoms with Crippen molar-refractivity contribution >= 4 is 11.8 Å². The van der Waals surface area contributed by atoms with E-state index in [1.54, 1.807) is 23.9 Å². The molecule has 3 rings (SSSR count). The molecule has 1 aromatic carbocycles. The lowest BCUT2D eigenvalue weighted by Gasteiger charge is -2.04. The maximum atomic E-state index is 13.0. The average molecular weight is 318 g/mol. The molecule has 0 aliphatic heterocycles. The first-order chi connectivity index (χ1) is 10.6. The highest BCUT2D eigenvalue weighted by atomic mass is 32.2. The molecule has 114 valence electrons. The van der Waals surface area contributed by atoms with Gasteiger partial charge in [-0.2, -0.15) is 0 Å². The first kappa shape index (κ1) is 14.8. The fourth-order valence-electron chi connectivity index (χ4n) is 2.14. The van der Waals surface area contributed by atoms with Crippen molar-refractivity contribution in [2.75, 3.05) is 0 Å². The molecule has 0 radical (unpaired) electrons. The summed E-state index contributed by atoms with van der Waals surface area (Å²) >= 11 is 1.57. The zero-order valence-corrected chi connectivity index (χ0v) is 13.3. The van der Waals surface area contributed by atoms with Crippen molar-refractivity contribution in [1.82, 2.24) is 19.9 Å². The molecule has 7 heteroatoms. The Labute approximate surface area is 131 Å². The standard InChI is InChI=1S/C15H15FN4OS/c1-9-13(10(2)21-19-9)8-22-15-18-17-14(20(15)3)11-4-6-12(16)7-5-11/h4-7H,8H2,1-3H3. The molecule has 0 saturated carbocycles. The number of hydrogen-bond donors (Lipinski definition) is 0. The van der Waals surface area contributed by atoms with Crippen LogP contribution in [0.3, 0.4) is 0 Å². The molecular weight excluding hydrogens is 303 g/mol. The van der Waals surface area contributed by atoms with Gasteiger partial charge in [-0.1, -0.05) is 16.9 Å². The number of rotatable bonds is 4. The van der Waals surface area contributed by atoms with Crippen LogP contribution in [0.5, 0.6) is 0 Å². The fourth-order valence-corrected chi connectivity index (χ4v) is 3.20. The van der Waals surface area contributed by atoms with E-state index < -0.39 is 0 Å². The molecule has 0 N–H and O–H groups in total. The van der Waals surface area contributed by atoms with Gasteiger partial charge in [0.2, 0.25) is 0 Å². The zero-order valence-electron chi connectivity index (χ0n) is 12.5. The van der Waals surface area contributed by atoms with Gasteiger partial charge in [0, 0.05) is 23.9 Å². The zero-order chi connectivity index (χ0) is 15.7. The Morgan fingerprint density at radius 2 is 1.91 bits per heavy atom. The van der Waals surface area contributed by atoms with E-state index in [1.807, 2.05) is 25.5 Å². The Morgan fingerprint density at radius 3 is 2.55 bits per heavy atom. The van der Waals surface area contributed by atoms with Crippen molar-refractivity contribution in [2.24, 2.45) is 7.05 Å². The molecule has 0 saturated heterocycles. The Morgan fingerprint density at radius 1 is 1.18 bits per heavy atom. The van der Waals surface area contributed by atoms with Gasteiger partial charge in [-0.15, -0.1) is 10.2 Å². The van der Waals surface area contributed by atoms with Gasteiger partial charge in [0.1, 0.15) is 11.6 Å². The fraction of sp³-hybridized carbons (Fsp3) is 0.267. The topological polar surface area (TPSA) is 56.7 Å². The van der Waals surface area contributed by atoms with Gasteiger partial charge in [-0.05, 0) is 38.1 Å². The monoisotopic (exact) mass is 318 g/mol. The smallest absolute Gasteiger partial charge is 0.191 e. The van der Waals surface area contributed by atoms with Crippen molar-refractivity contribution in [3.8, 4) is 11.4 Å². The number of aromatic nitrogens is 4. The van der Waals surface area contributed by atoms with Crippen LogP contribution in [0.15, 0.2) is 33.9 Å². The van der Waals surface area contributed by atoms with Gasteiger partial charge in [0.15, 0.2) is 11.0 Å². The number of benzene rings is 1. The minimum absolute atomic E-state index is 0.265. The summed E-state index contributed by atoms with van der Waals surface area (Å²) in [6.45, 7) is 3.82. The van der Waals surface area contributed by atoms with E-state index in [4.69, 9.17) is 4.52 Å². The largest absolute Gasteiger partial charge is 0.361 e. The van der Waals surface area contributed by atoms with Crippen LogP contribution in [0.25, 0.3) is 11.4 Å². The number of thioether (sulfide) groups is 1. The summed E-state index contributed by atoms with van der Waals surface area (Å²) < 4.78 is 20.1. The normalized spacial score (nSPS) is 11.1. The summed E-state index contributed by atoms with van der Waals surface area (Å²) in [6, 6.07) is 6.23. The lowest BCUT2D eigenvalue weighted by atomic mass is 10.2. The third-order valence-electron chi connectivity index (χ3n) is 3.46. The number of aryl methyl sites for hydroxylation is 2. The van der Waals surface area contributed by atoms with Gasteiger partial charge in [0.05, 0.1) is 5.69 Å². The van der Waals surface area contributed by atoms with E-state index >= 15 is 0 Å². The third-order valence-corrected chi connectivity index (χ3v) is 4.51. The van der Waals surface area contributed by atoms with E-state index in [-0.39, 0.29) is 5.82 Å². The summed E-state index contributed by atoms with van der Waals surface area (Å²) in [5.74, 6) is 1.99. The first-order valence-electron chi connectivity index (χ1n) is 6.76. The molecule has 0 atom stereocenters. The molecule has 2 heterocycles. The van der Waals surface area contributed by atoms with Gasteiger partial charge < -0.3 is 9.09 Å². The van der Waals surface area contributed by atoms with Crippen LogP contribution < -0.4 is 0 Å². The lowest BCUT2D eigenvalue weighted by Crippen LogP contribution is -1.95. The molecule has 0 bridgehead atoms. The number of halogens is 1. The summed E-state index contributed by atoms with van der Waals surface area (Å²) in [4.78, 5) is 0. The first-order valence-corrected chi connectivity index (χ1v) is 7.74. The van der Waals surface area contributed by atoms with Crippen LogP contribution in [0, 0.1) is 19.7 Å². The number of nitrogens with zero attached hydrogens (tertiary/aromatic N) is 4. The molecule has 0 spiro atoms. The van der Waals surface area contributed by atoms with Crippen LogP contribution in [0.2, 0.25) is 0 Å². The summed E-state index contributed by atoms with van der Waals surface area (Å²) in [6.07, 6.45) is 0. The molecule has 0 aliphatic carbocycles. The second-order valence-electron chi connectivity index (χ2n) is 4.96. The minimum Gasteiger partial charge on any atom is -0.361 e. The van der Waals surface area contributed by atoms with Gasteiger partial charge >= 0.3 is 0 Å². The van der Waals surface area contributed by atoms with Crippen LogP contribution in [0.1, 0.15) is 17.0 Å². The Balaban J connectivity index is 1.80.